The van der Waals surface area contributed by atoms with Gasteiger partial charge < -0.3 is 15.4 Å². The number of hydrogen-bond acceptors (Lipinski definition) is 3. The Hall–Kier alpha value is -2.53. The maximum Gasteiger partial charge on any atom is 0.243 e. The smallest absolute Gasteiger partial charge is 0.243 e. The minimum absolute atomic E-state index is 0.116. The van der Waals surface area contributed by atoms with Crippen molar-refractivity contribution in [1.82, 2.24) is 5.32 Å². The highest BCUT2D eigenvalue weighted by atomic mass is 35.5. The van der Waals surface area contributed by atoms with Crippen LogP contribution in [-0.2, 0) is 16.0 Å². The molecule has 6 heteroatoms. The van der Waals surface area contributed by atoms with E-state index in [-0.39, 0.29) is 24.8 Å². The minimum atomic E-state index is -0.336. The molecular weight excluding hydrogens is 340 g/mol. The van der Waals surface area contributed by atoms with Gasteiger partial charge in [-0.3, -0.25) is 9.59 Å². The van der Waals surface area contributed by atoms with Crippen LogP contribution in [0.3, 0.4) is 0 Å². The average Bonchev–Trinajstić information content (AvgIpc) is 2.56. The van der Waals surface area contributed by atoms with Crippen molar-refractivity contribution < 1.29 is 14.3 Å². The summed E-state index contributed by atoms with van der Waals surface area (Å²) < 4.78 is 5.21. The number of ether oxygens (including phenoxy) is 1. The standard InChI is InChI=1S/C19H21ClN2O3/c1-12-5-4-6-14(7-12)9-18(23)21-11-19(24)22-16-8-13(2)15(20)10-17(16)25-3/h4-8,10H,9,11H2,1-3H3,(H,21,23)(H,22,24). The van der Waals surface area contributed by atoms with Gasteiger partial charge in [-0.15, -0.1) is 0 Å². The van der Waals surface area contributed by atoms with Crippen LogP contribution in [0.1, 0.15) is 16.7 Å². The second-order valence-corrected chi connectivity index (χ2v) is 6.20. The van der Waals surface area contributed by atoms with Gasteiger partial charge in [-0.25, -0.2) is 0 Å². The molecule has 132 valence electrons. The molecule has 25 heavy (non-hydrogen) atoms. The van der Waals surface area contributed by atoms with Gasteiger partial charge in [-0.1, -0.05) is 41.4 Å². The third-order valence-corrected chi connectivity index (χ3v) is 4.06. The van der Waals surface area contributed by atoms with Crippen molar-refractivity contribution in [3.05, 3.63) is 58.1 Å². The van der Waals surface area contributed by atoms with E-state index in [0.717, 1.165) is 16.7 Å². The SMILES string of the molecule is COc1cc(Cl)c(C)cc1NC(=O)CNC(=O)Cc1cccc(C)c1. The molecule has 2 aromatic carbocycles. The predicted molar refractivity (Wildman–Crippen MR) is 99.3 cm³/mol. The molecule has 0 saturated heterocycles. The first-order valence-electron chi connectivity index (χ1n) is 7.85. The molecule has 0 aliphatic rings. The van der Waals surface area contributed by atoms with Crippen molar-refractivity contribution in [3.63, 3.8) is 0 Å². The number of anilines is 1. The lowest BCUT2D eigenvalue weighted by atomic mass is 10.1. The van der Waals surface area contributed by atoms with E-state index in [4.69, 9.17) is 16.3 Å². The molecular formula is C19H21ClN2O3. The Balaban J connectivity index is 1.90. The average molecular weight is 361 g/mol. The Morgan fingerprint density at radius 3 is 2.56 bits per heavy atom. The van der Waals surface area contributed by atoms with Crippen molar-refractivity contribution in [3.8, 4) is 5.75 Å². The zero-order chi connectivity index (χ0) is 18.4. The molecule has 0 spiro atoms. The molecule has 0 saturated carbocycles. The van der Waals surface area contributed by atoms with Crippen LogP contribution in [-0.4, -0.2) is 25.5 Å². The Kier molecular flexibility index (Phi) is 6.42. The minimum Gasteiger partial charge on any atom is -0.495 e. The van der Waals surface area contributed by atoms with Gasteiger partial charge in [-0.2, -0.15) is 0 Å². The molecule has 0 aliphatic carbocycles. The maximum atomic E-state index is 12.1. The summed E-state index contributed by atoms with van der Waals surface area (Å²) in [4.78, 5) is 24.0. The number of nitrogens with one attached hydrogen (secondary N) is 2. The van der Waals surface area contributed by atoms with E-state index < -0.39 is 0 Å². The lowest BCUT2D eigenvalue weighted by Crippen LogP contribution is -2.33. The van der Waals surface area contributed by atoms with Crippen LogP contribution < -0.4 is 15.4 Å². The van der Waals surface area contributed by atoms with Crippen LogP contribution in [0.25, 0.3) is 0 Å². The third kappa shape index (κ3) is 5.50. The van der Waals surface area contributed by atoms with E-state index in [2.05, 4.69) is 10.6 Å². The van der Waals surface area contributed by atoms with E-state index in [1.165, 1.54) is 7.11 Å². The molecule has 0 aliphatic heterocycles. The van der Waals surface area contributed by atoms with Crippen molar-refractivity contribution in [2.75, 3.05) is 19.0 Å². The number of halogens is 1. The fourth-order valence-electron chi connectivity index (χ4n) is 2.37. The highest BCUT2D eigenvalue weighted by molar-refractivity contribution is 6.31. The molecule has 0 bridgehead atoms. The van der Waals surface area contributed by atoms with Crippen LogP contribution in [0.5, 0.6) is 5.75 Å². The number of benzene rings is 2. The molecule has 2 amide bonds. The number of carbonyl (C=O) groups is 2. The van der Waals surface area contributed by atoms with E-state index in [1.54, 1.807) is 12.1 Å². The summed E-state index contributed by atoms with van der Waals surface area (Å²) in [7, 11) is 1.50. The quantitative estimate of drug-likeness (QED) is 0.830. The summed E-state index contributed by atoms with van der Waals surface area (Å²) >= 11 is 6.04. The molecule has 0 aromatic heterocycles. The number of carbonyl (C=O) groups excluding carboxylic acids is 2. The second kappa shape index (κ2) is 8.53. The van der Waals surface area contributed by atoms with Crippen molar-refractivity contribution in [1.29, 1.82) is 0 Å². The molecule has 2 N–H and O–H groups in total. The second-order valence-electron chi connectivity index (χ2n) is 5.79. The van der Waals surface area contributed by atoms with Crippen LogP contribution in [0, 0.1) is 13.8 Å². The summed E-state index contributed by atoms with van der Waals surface area (Å²) in [5.74, 6) is -0.0762. The monoisotopic (exact) mass is 360 g/mol. The molecule has 2 rings (SSSR count). The van der Waals surface area contributed by atoms with Gasteiger partial charge in [0.2, 0.25) is 11.8 Å². The van der Waals surface area contributed by atoms with E-state index >= 15 is 0 Å². The Bertz CT molecular complexity index is 790. The van der Waals surface area contributed by atoms with Crippen LogP contribution in [0.2, 0.25) is 5.02 Å². The zero-order valence-electron chi connectivity index (χ0n) is 14.5. The van der Waals surface area contributed by atoms with Gasteiger partial charge in [0, 0.05) is 11.1 Å². The Morgan fingerprint density at radius 2 is 1.88 bits per heavy atom. The summed E-state index contributed by atoms with van der Waals surface area (Å²) in [6.45, 7) is 3.69. The first kappa shape index (κ1) is 18.8. The van der Waals surface area contributed by atoms with Crippen LogP contribution in [0.4, 0.5) is 5.69 Å². The highest BCUT2D eigenvalue weighted by Crippen LogP contribution is 2.30. The van der Waals surface area contributed by atoms with Crippen molar-refractivity contribution >= 4 is 29.1 Å². The normalized spacial score (nSPS) is 10.2. The molecule has 0 fully saturated rings. The van der Waals surface area contributed by atoms with Crippen LogP contribution in [0.15, 0.2) is 36.4 Å². The number of rotatable bonds is 6. The predicted octanol–water partition coefficient (Wildman–Crippen LogP) is 3.26. The highest BCUT2D eigenvalue weighted by Gasteiger charge is 2.11. The Morgan fingerprint density at radius 1 is 1.12 bits per heavy atom. The third-order valence-electron chi connectivity index (χ3n) is 3.65. The molecule has 0 radical (unpaired) electrons. The summed E-state index contributed by atoms with van der Waals surface area (Å²) in [6, 6.07) is 11.1. The number of amides is 2. The summed E-state index contributed by atoms with van der Waals surface area (Å²) in [6.07, 6.45) is 0.234. The number of methoxy groups -OCH3 is 1. The Labute approximate surface area is 152 Å². The van der Waals surface area contributed by atoms with Gasteiger partial charge in [-0.05, 0) is 31.0 Å². The summed E-state index contributed by atoms with van der Waals surface area (Å²) in [5, 5.41) is 5.89. The molecule has 0 atom stereocenters. The largest absolute Gasteiger partial charge is 0.495 e. The fourth-order valence-corrected chi connectivity index (χ4v) is 2.53. The lowest BCUT2D eigenvalue weighted by molar-refractivity contribution is -0.123. The van der Waals surface area contributed by atoms with Crippen LogP contribution >= 0.6 is 11.6 Å². The molecule has 0 heterocycles. The zero-order valence-corrected chi connectivity index (χ0v) is 15.2. The first-order valence-corrected chi connectivity index (χ1v) is 8.23. The van der Waals surface area contributed by atoms with E-state index in [0.29, 0.717) is 16.5 Å². The maximum absolute atomic E-state index is 12.1. The van der Waals surface area contributed by atoms with E-state index in [1.807, 2.05) is 38.1 Å². The van der Waals surface area contributed by atoms with Gasteiger partial charge >= 0.3 is 0 Å². The van der Waals surface area contributed by atoms with Gasteiger partial charge in [0.05, 0.1) is 25.8 Å². The van der Waals surface area contributed by atoms with Crippen molar-refractivity contribution in [2.24, 2.45) is 0 Å². The lowest BCUT2D eigenvalue weighted by Gasteiger charge is -2.12. The molecule has 0 unspecified atom stereocenters. The van der Waals surface area contributed by atoms with Gasteiger partial charge in [0.15, 0.2) is 0 Å². The summed E-state index contributed by atoms with van der Waals surface area (Å²) in [5.41, 5.74) is 3.34. The first-order chi connectivity index (χ1) is 11.9. The van der Waals surface area contributed by atoms with Crippen molar-refractivity contribution in [2.45, 2.75) is 20.3 Å². The molecule has 5 nitrogen and oxygen atoms in total. The topological polar surface area (TPSA) is 67.4 Å². The number of aryl methyl sites for hydroxylation is 2. The van der Waals surface area contributed by atoms with Gasteiger partial charge in [0.25, 0.3) is 0 Å². The fraction of sp³-hybridized carbons (Fsp3) is 0.263. The van der Waals surface area contributed by atoms with E-state index in [9.17, 15) is 9.59 Å². The molecule has 2 aromatic rings. The number of hydrogen-bond donors (Lipinski definition) is 2. The van der Waals surface area contributed by atoms with Gasteiger partial charge in [0.1, 0.15) is 5.75 Å².